The van der Waals surface area contributed by atoms with Gasteiger partial charge in [0.15, 0.2) is 0 Å². The van der Waals surface area contributed by atoms with E-state index in [0.29, 0.717) is 11.8 Å². The molecule has 0 bridgehead atoms. The number of benzene rings is 5. The molecule has 3 aliphatic rings. The molecule has 0 heteroatoms. The number of fused-ring (bicyclic) bond motifs is 5. The molecule has 0 aromatic heterocycles. The molecule has 3 atom stereocenters. The normalized spacial score (nSPS) is 19.9. The highest BCUT2D eigenvalue weighted by Crippen LogP contribution is 2.49. The van der Waals surface area contributed by atoms with Gasteiger partial charge in [0.25, 0.3) is 0 Å². The van der Waals surface area contributed by atoms with Crippen molar-refractivity contribution in [2.75, 3.05) is 0 Å². The Morgan fingerprint density at radius 3 is 2.26 bits per heavy atom. The second-order valence-electron chi connectivity index (χ2n) is 14.0. The van der Waals surface area contributed by atoms with E-state index < -0.39 is 0 Å². The molecule has 212 valence electrons. The molecule has 0 aliphatic heterocycles. The predicted molar refractivity (Wildman–Crippen MR) is 181 cm³/mol. The molecule has 0 radical (unpaired) electrons. The molecular formula is C43H40. The molecule has 0 saturated carbocycles. The van der Waals surface area contributed by atoms with Crippen molar-refractivity contribution in [3.8, 4) is 11.1 Å². The maximum atomic E-state index is 2.56. The maximum absolute atomic E-state index is 2.56. The molecule has 0 spiro atoms. The first kappa shape index (κ1) is 26.5. The highest BCUT2D eigenvalue weighted by Gasteiger charge is 2.32. The van der Waals surface area contributed by atoms with Gasteiger partial charge in [-0.1, -0.05) is 142 Å². The smallest absolute Gasteiger partial charge is 0.0352 e. The molecular weight excluding hydrogens is 516 g/mol. The highest BCUT2D eigenvalue weighted by molar-refractivity contribution is 5.81. The van der Waals surface area contributed by atoms with Crippen LogP contribution in [0.5, 0.6) is 0 Å². The quantitative estimate of drug-likeness (QED) is 0.203. The summed E-state index contributed by atoms with van der Waals surface area (Å²) >= 11 is 0. The van der Waals surface area contributed by atoms with Gasteiger partial charge in [0.05, 0.1) is 0 Å². The molecule has 0 amide bonds. The fourth-order valence-electron chi connectivity index (χ4n) is 8.14. The summed E-state index contributed by atoms with van der Waals surface area (Å²) in [7, 11) is 0. The van der Waals surface area contributed by atoms with Crippen LogP contribution in [0, 0.1) is 0 Å². The van der Waals surface area contributed by atoms with Crippen LogP contribution in [0.2, 0.25) is 0 Å². The molecule has 43 heavy (non-hydrogen) atoms. The van der Waals surface area contributed by atoms with Crippen molar-refractivity contribution in [1.29, 1.82) is 0 Å². The van der Waals surface area contributed by atoms with Gasteiger partial charge in [0.2, 0.25) is 0 Å². The van der Waals surface area contributed by atoms with Gasteiger partial charge < -0.3 is 0 Å². The lowest BCUT2D eigenvalue weighted by Gasteiger charge is -2.31. The minimum Gasteiger partial charge on any atom is -0.0758 e. The fraction of sp³-hybridized carbons (Fsp3) is 0.256. The molecule has 5 aromatic carbocycles. The average Bonchev–Trinajstić information content (AvgIpc) is 3.59. The molecule has 0 heterocycles. The van der Waals surface area contributed by atoms with Gasteiger partial charge in [0.1, 0.15) is 0 Å². The number of rotatable bonds is 4. The molecule has 0 nitrogen and oxygen atoms in total. The van der Waals surface area contributed by atoms with Crippen molar-refractivity contribution < 1.29 is 0 Å². The summed E-state index contributed by atoms with van der Waals surface area (Å²) in [6.07, 6.45) is 9.53. The van der Waals surface area contributed by atoms with Gasteiger partial charge in [-0.15, -0.1) is 0 Å². The Labute approximate surface area is 257 Å². The van der Waals surface area contributed by atoms with E-state index in [0.717, 1.165) is 6.42 Å². The lowest BCUT2D eigenvalue weighted by molar-refractivity contribution is 0.516. The first-order valence-electron chi connectivity index (χ1n) is 16.2. The second-order valence-corrected chi connectivity index (χ2v) is 14.0. The second kappa shape index (κ2) is 10.2. The Kier molecular flexibility index (Phi) is 6.30. The van der Waals surface area contributed by atoms with Gasteiger partial charge in [0, 0.05) is 11.8 Å². The molecule has 0 N–H and O–H groups in total. The van der Waals surface area contributed by atoms with Crippen molar-refractivity contribution >= 4 is 6.08 Å². The van der Waals surface area contributed by atoms with Crippen LogP contribution in [0.15, 0.2) is 115 Å². The van der Waals surface area contributed by atoms with Crippen molar-refractivity contribution in [3.05, 3.63) is 171 Å². The van der Waals surface area contributed by atoms with Crippen LogP contribution in [-0.2, 0) is 18.3 Å². The summed E-state index contributed by atoms with van der Waals surface area (Å²) in [5, 5.41) is 0. The van der Waals surface area contributed by atoms with Crippen molar-refractivity contribution in [3.63, 3.8) is 0 Å². The average molecular weight is 557 g/mol. The standard InChI is InChI=1S/C43H40/c1-43(2,3)33-13-8-12-32(27-33)42-39-16-7-6-15-35(39)38-22-19-29(26-41(38)42)24-28-18-20-31-11-9-17-36(40(31)25-28)37-23-21-30-10-4-5-14-34(30)37/h4-8,10,12-16,18-23,25-27,36-37,42H,9,11,17,24H2,1-3H3. The van der Waals surface area contributed by atoms with E-state index in [1.807, 2.05) is 0 Å². The van der Waals surface area contributed by atoms with Gasteiger partial charge in [-0.05, 0) is 104 Å². The lowest BCUT2D eigenvalue weighted by Crippen LogP contribution is -2.16. The number of allylic oxidation sites excluding steroid dienone is 1. The van der Waals surface area contributed by atoms with Crippen LogP contribution in [0.1, 0.15) is 107 Å². The zero-order valence-corrected chi connectivity index (χ0v) is 25.6. The summed E-state index contributed by atoms with van der Waals surface area (Å²) in [5.41, 5.74) is 17.5. The summed E-state index contributed by atoms with van der Waals surface area (Å²) in [6, 6.07) is 42.0. The SMILES string of the molecule is CC(C)(C)c1cccc(C2c3ccccc3-c3ccc(Cc4ccc5c(c4)C(C4C=Cc6ccccc64)CCC5)cc32)c1. The number of hydrogen-bond acceptors (Lipinski definition) is 0. The van der Waals surface area contributed by atoms with Crippen LogP contribution in [-0.4, -0.2) is 0 Å². The van der Waals surface area contributed by atoms with Gasteiger partial charge in [-0.2, -0.15) is 0 Å². The van der Waals surface area contributed by atoms with Crippen molar-refractivity contribution in [1.82, 2.24) is 0 Å². The van der Waals surface area contributed by atoms with Crippen LogP contribution in [0.4, 0.5) is 0 Å². The molecule has 0 saturated heterocycles. The molecule has 5 aromatic rings. The first-order chi connectivity index (χ1) is 20.9. The van der Waals surface area contributed by atoms with Crippen molar-refractivity contribution in [2.24, 2.45) is 0 Å². The third-order valence-corrected chi connectivity index (χ3v) is 10.3. The third-order valence-electron chi connectivity index (χ3n) is 10.3. The zero-order chi connectivity index (χ0) is 29.1. The van der Waals surface area contributed by atoms with Crippen molar-refractivity contribution in [2.45, 2.75) is 69.6 Å². The molecule has 0 fully saturated rings. The van der Waals surface area contributed by atoms with Crippen LogP contribution < -0.4 is 0 Å². The van der Waals surface area contributed by atoms with Crippen LogP contribution in [0.3, 0.4) is 0 Å². The Morgan fingerprint density at radius 2 is 1.40 bits per heavy atom. The van der Waals surface area contributed by atoms with E-state index in [9.17, 15) is 0 Å². The summed E-state index contributed by atoms with van der Waals surface area (Å²) < 4.78 is 0. The van der Waals surface area contributed by atoms with E-state index in [2.05, 4.69) is 142 Å². The minimum atomic E-state index is 0.124. The Hall–Kier alpha value is -4.16. The number of aryl methyl sites for hydroxylation is 1. The van der Waals surface area contributed by atoms with E-state index in [-0.39, 0.29) is 11.3 Å². The third kappa shape index (κ3) is 4.60. The molecule has 3 unspecified atom stereocenters. The summed E-state index contributed by atoms with van der Waals surface area (Å²) in [6.45, 7) is 6.93. The number of hydrogen-bond donors (Lipinski definition) is 0. The monoisotopic (exact) mass is 556 g/mol. The van der Waals surface area contributed by atoms with Gasteiger partial charge in [-0.3, -0.25) is 0 Å². The Bertz CT molecular complexity index is 1880. The van der Waals surface area contributed by atoms with Crippen LogP contribution >= 0.6 is 0 Å². The zero-order valence-electron chi connectivity index (χ0n) is 25.6. The van der Waals surface area contributed by atoms with E-state index in [1.165, 1.54) is 74.9 Å². The minimum absolute atomic E-state index is 0.124. The van der Waals surface area contributed by atoms with E-state index >= 15 is 0 Å². The van der Waals surface area contributed by atoms with Gasteiger partial charge >= 0.3 is 0 Å². The maximum Gasteiger partial charge on any atom is 0.0352 e. The van der Waals surface area contributed by atoms with E-state index in [1.54, 1.807) is 11.1 Å². The largest absolute Gasteiger partial charge is 0.0758 e. The fourth-order valence-corrected chi connectivity index (χ4v) is 8.14. The molecule has 8 rings (SSSR count). The lowest BCUT2D eigenvalue weighted by atomic mass is 9.73. The molecule has 3 aliphatic carbocycles. The highest BCUT2D eigenvalue weighted by atomic mass is 14.4. The Balaban J connectivity index is 1.15. The first-order valence-corrected chi connectivity index (χ1v) is 16.2. The predicted octanol–water partition coefficient (Wildman–Crippen LogP) is 11.0. The summed E-state index contributed by atoms with van der Waals surface area (Å²) in [4.78, 5) is 0. The van der Waals surface area contributed by atoms with Crippen LogP contribution in [0.25, 0.3) is 17.2 Å². The van der Waals surface area contributed by atoms with Gasteiger partial charge in [-0.25, -0.2) is 0 Å². The van der Waals surface area contributed by atoms with E-state index in [4.69, 9.17) is 0 Å². The topological polar surface area (TPSA) is 0 Å². The Morgan fingerprint density at radius 1 is 0.651 bits per heavy atom. The summed E-state index contributed by atoms with van der Waals surface area (Å²) in [5.74, 6) is 1.33.